The number of benzene rings is 2. The predicted octanol–water partition coefficient (Wildman–Crippen LogP) is 5.68. The molecule has 5 nitrogen and oxygen atoms in total. The van der Waals surface area contributed by atoms with Gasteiger partial charge in [-0.3, -0.25) is 4.79 Å². The van der Waals surface area contributed by atoms with Gasteiger partial charge in [0, 0.05) is 18.1 Å². The van der Waals surface area contributed by atoms with Gasteiger partial charge in [0.15, 0.2) is 5.17 Å². The second kappa shape index (κ2) is 8.37. The molecule has 0 radical (unpaired) electrons. The van der Waals surface area contributed by atoms with Gasteiger partial charge in [-0.15, -0.1) is 0 Å². The quantitative estimate of drug-likeness (QED) is 0.527. The fourth-order valence-corrected chi connectivity index (χ4v) is 3.91. The number of halogens is 2. The fourth-order valence-electron chi connectivity index (χ4n) is 2.73. The highest BCUT2D eigenvalue weighted by Gasteiger charge is 2.24. The molecule has 1 aromatic heterocycles. The summed E-state index contributed by atoms with van der Waals surface area (Å²) in [6, 6.07) is 14.9. The maximum atomic E-state index is 12.3. The number of hydrogen-bond acceptors (Lipinski definition) is 4. The number of aliphatic imine (C=N–C) groups is 1. The van der Waals surface area contributed by atoms with Gasteiger partial charge < -0.3 is 14.6 Å². The molecular formula is C21H15Cl2N3O2S. The highest BCUT2D eigenvalue weighted by molar-refractivity contribution is 8.18. The van der Waals surface area contributed by atoms with Gasteiger partial charge in [0.25, 0.3) is 5.91 Å². The van der Waals surface area contributed by atoms with E-state index >= 15 is 0 Å². The number of aromatic nitrogens is 1. The number of methoxy groups -OCH3 is 1. The summed E-state index contributed by atoms with van der Waals surface area (Å²) in [5.74, 6) is 0.595. The molecule has 0 saturated carbocycles. The first-order valence-electron chi connectivity index (χ1n) is 8.59. The van der Waals surface area contributed by atoms with Crippen molar-refractivity contribution in [2.45, 2.75) is 0 Å². The largest absolute Gasteiger partial charge is 0.497 e. The van der Waals surface area contributed by atoms with Gasteiger partial charge in [0.2, 0.25) is 0 Å². The SMILES string of the molecule is COc1ccc(-n2ccc(/C=C3/SC(=Nc4cccc(Cl)c4Cl)NC3=O)c2)cc1. The fraction of sp³-hybridized carbons (Fsp3) is 0.0476. The number of thioether (sulfide) groups is 1. The van der Waals surface area contributed by atoms with Crippen LogP contribution in [0.1, 0.15) is 5.56 Å². The minimum atomic E-state index is -0.205. The number of nitrogens with one attached hydrogen (secondary N) is 1. The minimum absolute atomic E-state index is 0.205. The Bertz CT molecular complexity index is 1140. The molecule has 1 fully saturated rings. The molecule has 0 bridgehead atoms. The Morgan fingerprint density at radius 2 is 1.93 bits per heavy atom. The first-order chi connectivity index (χ1) is 14.0. The molecule has 1 saturated heterocycles. The summed E-state index contributed by atoms with van der Waals surface area (Å²) in [6.45, 7) is 0. The number of rotatable bonds is 4. The third kappa shape index (κ3) is 4.34. The Kier molecular flexibility index (Phi) is 5.67. The molecule has 1 aliphatic heterocycles. The van der Waals surface area contributed by atoms with Crippen LogP contribution in [0.2, 0.25) is 10.0 Å². The summed E-state index contributed by atoms with van der Waals surface area (Å²) in [4.78, 5) is 17.3. The molecule has 0 spiro atoms. The number of amidine groups is 1. The van der Waals surface area contributed by atoms with Crippen molar-refractivity contribution in [3.05, 3.63) is 81.4 Å². The van der Waals surface area contributed by atoms with Gasteiger partial charge in [-0.25, -0.2) is 4.99 Å². The summed E-state index contributed by atoms with van der Waals surface area (Å²) in [7, 11) is 1.64. The Morgan fingerprint density at radius 3 is 2.69 bits per heavy atom. The van der Waals surface area contributed by atoms with E-state index in [1.807, 2.05) is 53.4 Å². The van der Waals surface area contributed by atoms with Crippen molar-refractivity contribution < 1.29 is 9.53 Å². The molecule has 0 atom stereocenters. The lowest BCUT2D eigenvalue weighted by molar-refractivity contribution is -0.115. The van der Waals surface area contributed by atoms with Crippen molar-refractivity contribution in [3.8, 4) is 11.4 Å². The first kappa shape index (κ1) is 19.6. The van der Waals surface area contributed by atoms with E-state index in [0.29, 0.717) is 25.8 Å². The van der Waals surface area contributed by atoms with Crippen LogP contribution in [-0.4, -0.2) is 22.8 Å². The van der Waals surface area contributed by atoms with Crippen molar-refractivity contribution >= 4 is 57.8 Å². The van der Waals surface area contributed by atoms with Crippen molar-refractivity contribution in [1.82, 2.24) is 9.88 Å². The normalized spacial score (nSPS) is 16.4. The lowest BCUT2D eigenvalue weighted by Gasteiger charge is -2.04. The third-order valence-corrected chi connectivity index (χ3v) is 5.91. The number of hydrogen-bond donors (Lipinski definition) is 1. The van der Waals surface area contributed by atoms with E-state index in [0.717, 1.165) is 17.0 Å². The van der Waals surface area contributed by atoms with Gasteiger partial charge in [0.1, 0.15) is 5.75 Å². The molecule has 1 amide bonds. The second-order valence-corrected chi connectivity index (χ2v) is 7.92. The van der Waals surface area contributed by atoms with Gasteiger partial charge in [0.05, 0.1) is 27.7 Å². The van der Waals surface area contributed by atoms with Crippen molar-refractivity contribution in [3.63, 3.8) is 0 Å². The van der Waals surface area contributed by atoms with Crippen molar-refractivity contribution in [1.29, 1.82) is 0 Å². The topological polar surface area (TPSA) is 55.6 Å². The third-order valence-electron chi connectivity index (χ3n) is 4.19. The number of carbonyl (C=O) groups excluding carboxylic acids is 1. The monoisotopic (exact) mass is 443 g/mol. The van der Waals surface area contributed by atoms with Crippen LogP contribution < -0.4 is 10.1 Å². The van der Waals surface area contributed by atoms with Crippen LogP contribution in [0.4, 0.5) is 5.69 Å². The lowest BCUT2D eigenvalue weighted by Crippen LogP contribution is -2.19. The maximum Gasteiger partial charge on any atom is 0.264 e. The van der Waals surface area contributed by atoms with E-state index in [2.05, 4.69) is 10.3 Å². The van der Waals surface area contributed by atoms with Crippen LogP contribution in [0.25, 0.3) is 11.8 Å². The van der Waals surface area contributed by atoms with E-state index in [1.165, 1.54) is 11.8 Å². The van der Waals surface area contributed by atoms with Crippen LogP contribution in [-0.2, 0) is 4.79 Å². The van der Waals surface area contributed by atoms with Gasteiger partial charge in [-0.1, -0.05) is 29.3 Å². The zero-order valence-corrected chi connectivity index (χ0v) is 17.6. The van der Waals surface area contributed by atoms with E-state index in [9.17, 15) is 4.79 Å². The lowest BCUT2D eigenvalue weighted by atomic mass is 10.3. The number of nitrogens with zero attached hydrogens (tertiary/aromatic N) is 2. The molecule has 1 N–H and O–H groups in total. The molecule has 2 aromatic carbocycles. The number of ether oxygens (including phenoxy) is 1. The molecule has 1 aliphatic rings. The smallest absolute Gasteiger partial charge is 0.264 e. The average molecular weight is 444 g/mol. The molecular weight excluding hydrogens is 429 g/mol. The molecule has 0 unspecified atom stereocenters. The minimum Gasteiger partial charge on any atom is -0.497 e. The summed E-state index contributed by atoms with van der Waals surface area (Å²) in [5.41, 5.74) is 2.41. The zero-order chi connectivity index (χ0) is 20.4. The van der Waals surface area contributed by atoms with Crippen LogP contribution in [0.5, 0.6) is 5.75 Å². The van der Waals surface area contributed by atoms with Gasteiger partial charge in [-0.2, -0.15) is 0 Å². The summed E-state index contributed by atoms with van der Waals surface area (Å²) in [6.07, 6.45) is 5.71. The van der Waals surface area contributed by atoms with Crippen LogP contribution in [0, 0.1) is 0 Å². The Morgan fingerprint density at radius 1 is 1.14 bits per heavy atom. The Balaban J connectivity index is 1.54. The predicted molar refractivity (Wildman–Crippen MR) is 120 cm³/mol. The highest BCUT2D eigenvalue weighted by atomic mass is 35.5. The van der Waals surface area contributed by atoms with E-state index in [1.54, 1.807) is 25.3 Å². The molecule has 2 heterocycles. The van der Waals surface area contributed by atoms with Crippen molar-refractivity contribution in [2.24, 2.45) is 4.99 Å². The van der Waals surface area contributed by atoms with Gasteiger partial charge >= 0.3 is 0 Å². The standard InChI is InChI=1S/C21H15Cl2N3O2S/c1-28-15-7-5-14(6-8-15)26-10-9-13(12-26)11-18-20(27)25-21(29-18)24-17-4-2-3-16(22)19(17)23/h2-12H,1H3,(H,24,25,27)/b18-11+. The van der Waals surface area contributed by atoms with Crippen LogP contribution in [0.15, 0.2) is 70.8 Å². The van der Waals surface area contributed by atoms with Crippen molar-refractivity contribution in [2.75, 3.05) is 7.11 Å². The average Bonchev–Trinajstić information content (AvgIpc) is 3.32. The Labute approximate surface area is 182 Å². The number of carbonyl (C=O) groups is 1. The van der Waals surface area contributed by atoms with E-state index < -0.39 is 0 Å². The molecule has 3 aromatic rings. The summed E-state index contributed by atoms with van der Waals surface area (Å²) in [5, 5.41) is 3.98. The maximum absolute atomic E-state index is 12.3. The molecule has 0 aliphatic carbocycles. The van der Waals surface area contributed by atoms with E-state index in [-0.39, 0.29) is 5.91 Å². The zero-order valence-electron chi connectivity index (χ0n) is 15.2. The second-order valence-electron chi connectivity index (χ2n) is 6.10. The van der Waals surface area contributed by atoms with E-state index in [4.69, 9.17) is 27.9 Å². The van der Waals surface area contributed by atoms with Crippen LogP contribution >= 0.6 is 35.0 Å². The molecule has 8 heteroatoms. The summed E-state index contributed by atoms with van der Waals surface area (Å²) >= 11 is 13.4. The van der Waals surface area contributed by atoms with Gasteiger partial charge in [-0.05, 0) is 65.9 Å². The number of amides is 1. The van der Waals surface area contributed by atoms with Crippen LogP contribution in [0.3, 0.4) is 0 Å². The highest BCUT2D eigenvalue weighted by Crippen LogP contribution is 2.34. The summed E-state index contributed by atoms with van der Waals surface area (Å²) < 4.78 is 7.16. The molecule has 146 valence electrons. The molecule has 4 rings (SSSR count). The molecule has 29 heavy (non-hydrogen) atoms. The first-order valence-corrected chi connectivity index (χ1v) is 10.2. The Hall–Kier alpha value is -2.67.